The minimum absolute atomic E-state index is 0. The third kappa shape index (κ3) is 5.49. The van der Waals surface area contributed by atoms with Crippen molar-refractivity contribution >= 4 is 34.0 Å². The van der Waals surface area contributed by atoms with E-state index in [-0.39, 0.29) is 23.3 Å². The second-order valence-corrected chi connectivity index (χ2v) is 5.85. The van der Waals surface area contributed by atoms with Gasteiger partial charge in [-0.05, 0) is 19.5 Å². The third-order valence-electron chi connectivity index (χ3n) is 2.12. The lowest BCUT2D eigenvalue weighted by Gasteiger charge is -2.13. The highest BCUT2D eigenvalue weighted by molar-refractivity contribution is 7.89. The van der Waals surface area contributed by atoms with Gasteiger partial charge in [0.2, 0.25) is 10.0 Å². The van der Waals surface area contributed by atoms with E-state index in [0.29, 0.717) is 11.6 Å². The van der Waals surface area contributed by atoms with Crippen LogP contribution >= 0.6 is 24.0 Å². The molecule has 0 amide bonds. The van der Waals surface area contributed by atoms with Gasteiger partial charge in [-0.1, -0.05) is 18.5 Å². The van der Waals surface area contributed by atoms with Crippen LogP contribution in [-0.2, 0) is 10.0 Å². The lowest BCUT2D eigenvalue weighted by Crippen LogP contribution is -2.38. The number of halogens is 2. The van der Waals surface area contributed by atoms with Crippen molar-refractivity contribution in [2.45, 2.75) is 24.8 Å². The van der Waals surface area contributed by atoms with Gasteiger partial charge < -0.3 is 5.32 Å². The van der Waals surface area contributed by atoms with Gasteiger partial charge in [0.25, 0.3) is 0 Å². The third-order valence-corrected chi connectivity index (χ3v) is 3.72. The number of likely N-dealkylation sites (N-methyl/N-ethyl adjacent to an activating group) is 1. The summed E-state index contributed by atoms with van der Waals surface area (Å²) in [6.45, 7) is 4.98. The molecule has 1 aromatic heterocycles. The molecule has 1 atom stereocenters. The van der Waals surface area contributed by atoms with Crippen molar-refractivity contribution in [1.29, 1.82) is 0 Å². The van der Waals surface area contributed by atoms with Crippen molar-refractivity contribution < 1.29 is 8.42 Å². The van der Waals surface area contributed by atoms with Crippen LogP contribution in [-0.4, -0.2) is 32.5 Å². The van der Waals surface area contributed by atoms with Crippen molar-refractivity contribution in [3.8, 4) is 0 Å². The number of sulfonamides is 1. The Morgan fingerprint density at radius 1 is 1.44 bits per heavy atom. The van der Waals surface area contributed by atoms with Gasteiger partial charge in [0, 0.05) is 25.0 Å². The molecule has 0 aliphatic carbocycles. The van der Waals surface area contributed by atoms with Crippen molar-refractivity contribution in [2.75, 3.05) is 13.1 Å². The summed E-state index contributed by atoms with van der Waals surface area (Å²) < 4.78 is 26.2. The molecule has 0 aromatic carbocycles. The van der Waals surface area contributed by atoms with Crippen LogP contribution in [0.2, 0.25) is 5.02 Å². The highest BCUT2D eigenvalue weighted by atomic mass is 35.5. The van der Waals surface area contributed by atoms with Crippen molar-refractivity contribution in [3.63, 3.8) is 0 Å². The lowest BCUT2D eigenvalue weighted by molar-refractivity contribution is 0.536. The summed E-state index contributed by atoms with van der Waals surface area (Å²) in [6.07, 6.45) is 2.66. The van der Waals surface area contributed by atoms with Crippen molar-refractivity contribution in [2.24, 2.45) is 0 Å². The minimum Gasteiger partial charge on any atom is -0.313 e. The van der Waals surface area contributed by atoms with Gasteiger partial charge in [-0.2, -0.15) is 0 Å². The Labute approximate surface area is 119 Å². The van der Waals surface area contributed by atoms with Crippen LogP contribution in [0.1, 0.15) is 13.8 Å². The van der Waals surface area contributed by atoms with E-state index in [1.54, 1.807) is 0 Å². The zero-order valence-electron chi connectivity index (χ0n) is 10.2. The highest BCUT2D eigenvalue weighted by Gasteiger charge is 2.15. The van der Waals surface area contributed by atoms with Gasteiger partial charge in [0.1, 0.15) is 4.90 Å². The SMILES string of the molecule is CCN[C@H](C)CNS(=O)(=O)c1cncc(Cl)c1.Cl. The minimum atomic E-state index is -3.53. The van der Waals surface area contributed by atoms with E-state index in [0.717, 1.165) is 6.54 Å². The maximum Gasteiger partial charge on any atom is 0.242 e. The fraction of sp³-hybridized carbons (Fsp3) is 0.500. The van der Waals surface area contributed by atoms with E-state index in [1.807, 2.05) is 13.8 Å². The summed E-state index contributed by atoms with van der Waals surface area (Å²) in [6, 6.07) is 1.44. The molecule has 0 spiro atoms. The molecule has 0 saturated carbocycles. The molecule has 1 rings (SSSR count). The molecular formula is C10H17Cl2N3O2S. The van der Waals surface area contributed by atoms with E-state index >= 15 is 0 Å². The smallest absolute Gasteiger partial charge is 0.242 e. The van der Waals surface area contributed by atoms with Gasteiger partial charge in [0.05, 0.1) is 5.02 Å². The van der Waals surface area contributed by atoms with Crippen LogP contribution in [0.4, 0.5) is 0 Å². The zero-order chi connectivity index (χ0) is 12.9. The van der Waals surface area contributed by atoms with Gasteiger partial charge >= 0.3 is 0 Å². The predicted molar refractivity (Wildman–Crippen MR) is 74.8 cm³/mol. The largest absolute Gasteiger partial charge is 0.313 e. The van der Waals surface area contributed by atoms with E-state index in [9.17, 15) is 8.42 Å². The van der Waals surface area contributed by atoms with Crippen molar-refractivity contribution in [3.05, 3.63) is 23.5 Å². The highest BCUT2D eigenvalue weighted by Crippen LogP contribution is 2.13. The standard InChI is InChI=1S/C10H16ClN3O2S.ClH/c1-3-13-8(2)5-14-17(15,16)10-4-9(11)6-12-7-10;/h4,6-8,13-14H,3,5H2,1-2H3;1H/t8-;/m1./s1. The number of aromatic nitrogens is 1. The average molecular weight is 314 g/mol. The number of nitrogens with one attached hydrogen (secondary N) is 2. The first-order valence-electron chi connectivity index (χ1n) is 5.29. The number of hydrogen-bond donors (Lipinski definition) is 2. The number of pyridine rings is 1. The second kappa shape index (κ2) is 7.91. The Balaban J connectivity index is 0.00000289. The number of hydrogen-bond acceptors (Lipinski definition) is 4. The number of nitrogens with zero attached hydrogens (tertiary/aromatic N) is 1. The maximum atomic E-state index is 11.9. The summed E-state index contributed by atoms with van der Waals surface area (Å²) in [5.41, 5.74) is 0. The van der Waals surface area contributed by atoms with Crippen LogP contribution < -0.4 is 10.0 Å². The Bertz CT molecular complexity index is 468. The van der Waals surface area contributed by atoms with Crippen LogP contribution in [0.25, 0.3) is 0 Å². The Morgan fingerprint density at radius 3 is 2.67 bits per heavy atom. The molecule has 0 unspecified atom stereocenters. The summed E-state index contributed by atoms with van der Waals surface area (Å²) in [7, 11) is -3.53. The monoisotopic (exact) mass is 313 g/mol. The molecule has 104 valence electrons. The van der Waals surface area contributed by atoms with Gasteiger partial charge in [-0.25, -0.2) is 13.1 Å². The van der Waals surface area contributed by atoms with Crippen molar-refractivity contribution in [1.82, 2.24) is 15.0 Å². The van der Waals surface area contributed by atoms with E-state index < -0.39 is 10.0 Å². The summed E-state index contributed by atoms with van der Waals surface area (Å²) in [5, 5.41) is 3.41. The Hall–Kier alpha value is -0.400. The zero-order valence-corrected chi connectivity index (χ0v) is 12.6. The normalized spacial score (nSPS) is 12.8. The molecular weight excluding hydrogens is 297 g/mol. The van der Waals surface area contributed by atoms with E-state index in [1.165, 1.54) is 18.5 Å². The molecule has 2 N–H and O–H groups in total. The molecule has 0 radical (unpaired) electrons. The molecule has 0 fully saturated rings. The maximum absolute atomic E-state index is 11.9. The summed E-state index contributed by atoms with van der Waals surface area (Å²) >= 11 is 5.70. The molecule has 8 heteroatoms. The molecule has 5 nitrogen and oxygen atoms in total. The molecule has 0 aliphatic rings. The van der Waals surface area contributed by atoms with Gasteiger partial charge in [0.15, 0.2) is 0 Å². The van der Waals surface area contributed by atoms with E-state index in [4.69, 9.17) is 11.6 Å². The Morgan fingerprint density at radius 2 is 2.11 bits per heavy atom. The fourth-order valence-corrected chi connectivity index (χ4v) is 2.63. The summed E-state index contributed by atoms with van der Waals surface area (Å²) in [4.78, 5) is 3.82. The fourth-order valence-electron chi connectivity index (χ4n) is 1.28. The second-order valence-electron chi connectivity index (χ2n) is 3.65. The average Bonchev–Trinajstić information content (AvgIpc) is 2.27. The van der Waals surface area contributed by atoms with Crippen LogP contribution in [0.15, 0.2) is 23.4 Å². The first-order chi connectivity index (χ1) is 7.95. The Kier molecular flexibility index (Phi) is 7.73. The predicted octanol–water partition coefficient (Wildman–Crippen LogP) is 1.43. The topological polar surface area (TPSA) is 71.1 Å². The first kappa shape index (κ1) is 17.6. The molecule has 0 saturated heterocycles. The molecule has 0 bridgehead atoms. The lowest BCUT2D eigenvalue weighted by atomic mass is 10.3. The quantitative estimate of drug-likeness (QED) is 0.833. The first-order valence-corrected chi connectivity index (χ1v) is 7.15. The molecule has 1 heterocycles. The number of rotatable bonds is 6. The van der Waals surface area contributed by atoms with Crippen LogP contribution in [0.5, 0.6) is 0 Å². The van der Waals surface area contributed by atoms with Crippen LogP contribution in [0, 0.1) is 0 Å². The van der Waals surface area contributed by atoms with Gasteiger partial charge in [-0.3, -0.25) is 4.98 Å². The van der Waals surface area contributed by atoms with Crippen LogP contribution in [0.3, 0.4) is 0 Å². The van der Waals surface area contributed by atoms with E-state index in [2.05, 4.69) is 15.0 Å². The molecule has 0 aliphatic heterocycles. The van der Waals surface area contributed by atoms with Gasteiger partial charge in [-0.15, -0.1) is 12.4 Å². The molecule has 18 heavy (non-hydrogen) atoms. The molecule has 1 aromatic rings. The summed E-state index contributed by atoms with van der Waals surface area (Å²) in [5.74, 6) is 0.